The fraction of sp³-hybridized carbons (Fsp3) is 1.00. The Bertz CT molecular complexity index is 325. The first kappa shape index (κ1) is 22.3. The smallest absolute Gasteiger partial charge is 0.264 e. The van der Waals surface area contributed by atoms with Crippen molar-refractivity contribution in [3.63, 3.8) is 0 Å². The molecule has 0 bridgehead atoms. The summed E-state index contributed by atoms with van der Waals surface area (Å²) in [6.07, 6.45) is 3.57. The molecule has 6 nitrogen and oxygen atoms in total. The monoisotopic (exact) mass is 312 g/mol. The van der Waals surface area contributed by atoms with Crippen LogP contribution in [-0.2, 0) is 23.4 Å². The summed E-state index contributed by atoms with van der Waals surface area (Å²) in [6.45, 7) is 4.39. The van der Waals surface area contributed by atoms with Crippen LogP contribution in [0.25, 0.3) is 0 Å². The summed E-state index contributed by atoms with van der Waals surface area (Å²) in [4.78, 5) is 0. The zero-order chi connectivity index (χ0) is 14.5. The molecule has 0 spiro atoms. The van der Waals surface area contributed by atoms with E-state index >= 15 is 0 Å². The highest BCUT2D eigenvalue weighted by atomic mass is 35.7. The van der Waals surface area contributed by atoms with Gasteiger partial charge in [-0.05, 0) is 12.8 Å². The zero-order valence-electron chi connectivity index (χ0n) is 10.5. The van der Waals surface area contributed by atoms with Gasteiger partial charge in [-0.25, -0.2) is 8.42 Å². The van der Waals surface area contributed by atoms with Crippen molar-refractivity contribution in [3.8, 4) is 0 Å². The van der Waals surface area contributed by atoms with Crippen LogP contribution < -0.4 is 0 Å². The van der Waals surface area contributed by atoms with E-state index in [9.17, 15) is 16.8 Å². The Morgan fingerprint density at radius 2 is 1.35 bits per heavy atom. The van der Waals surface area contributed by atoms with E-state index in [1.807, 2.05) is 13.8 Å². The van der Waals surface area contributed by atoms with E-state index in [1.54, 1.807) is 0 Å². The second-order valence-corrected chi connectivity index (χ2v) is 7.62. The molecule has 0 heterocycles. The topological polar surface area (TPSA) is 97.7 Å². The molecule has 0 atom stereocenters. The van der Waals surface area contributed by atoms with Crippen molar-refractivity contribution >= 4 is 29.9 Å². The van der Waals surface area contributed by atoms with Crippen LogP contribution in [0.3, 0.4) is 0 Å². The number of aliphatic hydroxyl groups excluding tert-OH is 1. The van der Waals surface area contributed by atoms with Gasteiger partial charge in [0.1, 0.15) is 0 Å². The minimum atomic E-state index is -3.19. The molecule has 0 aromatic carbocycles. The summed E-state index contributed by atoms with van der Waals surface area (Å²) < 4.78 is 43.5. The average molecular weight is 313 g/mol. The van der Waals surface area contributed by atoms with Gasteiger partial charge in [0.25, 0.3) is 10.1 Å². The number of aliphatic hydroxyl groups is 1. The van der Waals surface area contributed by atoms with Crippen molar-refractivity contribution in [1.82, 2.24) is 0 Å². The number of rotatable bonds is 4. The molecule has 1 N–H and O–H groups in total. The maximum Gasteiger partial charge on any atom is 0.264 e. The summed E-state index contributed by atoms with van der Waals surface area (Å²) >= 11 is 0. The Morgan fingerprint density at radius 1 is 1.06 bits per heavy atom. The molecule has 0 rings (SSSR count). The summed E-state index contributed by atoms with van der Waals surface area (Å²) in [5.74, 6) is 0. The predicted octanol–water partition coefficient (Wildman–Crippen LogP) is 0.946. The Kier molecular flexibility index (Phi) is 16.5. The van der Waals surface area contributed by atoms with Gasteiger partial charge in [0.15, 0.2) is 0 Å². The van der Waals surface area contributed by atoms with E-state index in [4.69, 9.17) is 5.11 Å². The van der Waals surface area contributed by atoms with Gasteiger partial charge in [-0.1, -0.05) is 13.8 Å². The minimum absolute atomic E-state index is 0.291. The van der Waals surface area contributed by atoms with Crippen molar-refractivity contribution in [1.29, 1.82) is 0 Å². The van der Waals surface area contributed by atoms with Gasteiger partial charge in [-0.15, -0.1) is 0 Å². The van der Waals surface area contributed by atoms with Crippen LogP contribution in [0, 0.1) is 0 Å². The quantitative estimate of drug-likeness (QED) is 0.613. The van der Waals surface area contributed by atoms with Gasteiger partial charge >= 0.3 is 0 Å². The van der Waals surface area contributed by atoms with Gasteiger partial charge in [0.05, 0.1) is 19.1 Å². The third-order valence-electron chi connectivity index (χ3n) is 0.725. The Balaban J connectivity index is -0.000000188. The van der Waals surface area contributed by atoms with Crippen LogP contribution in [0.2, 0.25) is 0 Å². The van der Waals surface area contributed by atoms with E-state index in [0.29, 0.717) is 13.2 Å². The van der Waals surface area contributed by atoms with Crippen LogP contribution in [0.5, 0.6) is 0 Å². The SMILES string of the molecule is CCCO.CCCOS(C)(=O)=O.CS(=O)(=O)Cl. The number of hydrogen-bond acceptors (Lipinski definition) is 6. The molecule has 0 aromatic heterocycles. The summed E-state index contributed by atoms with van der Waals surface area (Å²) in [5.41, 5.74) is 0. The van der Waals surface area contributed by atoms with Crippen LogP contribution in [0.1, 0.15) is 26.7 Å². The Morgan fingerprint density at radius 3 is 1.41 bits per heavy atom. The molecule has 0 aliphatic carbocycles. The first-order valence-electron chi connectivity index (χ1n) is 4.82. The van der Waals surface area contributed by atoms with E-state index in [1.165, 1.54) is 0 Å². The lowest BCUT2D eigenvalue weighted by Gasteiger charge is -1.94. The molecule has 0 aliphatic rings. The molecule has 0 saturated carbocycles. The minimum Gasteiger partial charge on any atom is -0.396 e. The molecule has 0 aliphatic heterocycles. The van der Waals surface area contributed by atoms with Crippen molar-refractivity contribution in [2.45, 2.75) is 26.7 Å². The second-order valence-electron chi connectivity index (χ2n) is 2.93. The fourth-order valence-corrected chi connectivity index (χ4v) is 0.704. The van der Waals surface area contributed by atoms with Gasteiger partial charge in [-0.3, -0.25) is 4.18 Å². The van der Waals surface area contributed by atoms with E-state index in [0.717, 1.165) is 25.4 Å². The lowest BCUT2D eigenvalue weighted by atomic mass is 10.5. The molecule has 0 radical (unpaired) electrons. The molecule has 0 unspecified atom stereocenters. The fourth-order valence-electron chi connectivity index (χ4n) is 0.235. The summed E-state index contributed by atoms with van der Waals surface area (Å²) in [6, 6.07) is 0. The van der Waals surface area contributed by atoms with Crippen molar-refractivity contribution in [2.24, 2.45) is 0 Å². The van der Waals surface area contributed by atoms with Gasteiger partial charge in [-0.2, -0.15) is 8.42 Å². The summed E-state index contributed by atoms with van der Waals surface area (Å²) in [5, 5.41) is 7.88. The van der Waals surface area contributed by atoms with Crippen LogP contribution in [0.15, 0.2) is 0 Å². The molecule has 9 heteroatoms. The number of hydrogen-bond donors (Lipinski definition) is 1. The molecule has 0 fully saturated rings. The molecule has 108 valence electrons. The molecule has 0 saturated heterocycles. The van der Waals surface area contributed by atoms with Crippen molar-refractivity contribution in [2.75, 3.05) is 25.7 Å². The molecule has 17 heavy (non-hydrogen) atoms. The maximum atomic E-state index is 10.2. The Hall–Kier alpha value is 0.110. The first-order chi connectivity index (χ1) is 7.47. The van der Waals surface area contributed by atoms with Crippen LogP contribution in [0.4, 0.5) is 0 Å². The third-order valence-corrected chi connectivity index (χ3v) is 1.32. The molecular weight excluding hydrogens is 292 g/mol. The highest BCUT2D eigenvalue weighted by Gasteiger charge is 1.96. The van der Waals surface area contributed by atoms with Crippen LogP contribution in [-0.4, -0.2) is 47.7 Å². The van der Waals surface area contributed by atoms with Crippen molar-refractivity contribution in [3.05, 3.63) is 0 Å². The van der Waals surface area contributed by atoms with Gasteiger partial charge < -0.3 is 5.11 Å². The summed E-state index contributed by atoms with van der Waals surface area (Å²) in [7, 11) is -1.88. The normalized spacial score (nSPS) is 10.7. The standard InChI is InChI=1S/C4H10O3S.C3H8O.CH3ClO2S/c1-3-4-7-8(2,5)6;1-2-3-4;1-5(2,3)4/h3-4H2,1-2H3;4H,2-3H2,1H3;1H3. The zero-order valence-corrected chi connectivity index (χ0v) is 12.9. The molecule has 0 aromatic rings. The van der Waals surface area contributed by atoms with E-state index in [2.05, 4.69) is 14.9 Å². The number of halogens is 1. The Labute approximate surface area is 108 Å². The lowest BCUT2D eigenvalue weighted by Crippen LogP contribution is -2.02. The maximum absolute atomic E-state index is 10.2. The third kappa shape index (κ3) is 85.9. The predicted molar refractivity (Wildman–Crippen MR) is 69.2 cm³/mol. The largest absolute Gasteiger partial charge is 0.396 e. The van der Waals surface area contributed by atoms with Gasteiger partial charge in [0.2, 0.25) is 9.05 Å². The molecular formula is C8H21ClO6S2. The van der Waals surface area contributed by atoms with Gasteiger partial charge in [0, 0.05) is 17.3 Å². The molecule has 0 amide bonds. The highest BCUT2D eigenvalue weighted by Crippen LogP contribution is 1.87. The average Bonchev–Trinajstić information content (AvgIpc) is 2.11. The lowest BCUT2D eigenvalue weighted by molar-refractivity contribution is 0.295. The first-order valence-corrected chi connectivity index (χ1v) is 9.36. The van der Waals surface area contributed by atoms with Crippen LogP contribution >= 0.6 is 10.7 Å². The van der Waals surface area contributed by atoms with Crippen molar-refractivity contribution < 1.29 is 26.1 Å². The second kappa shape index (κ2) is 12.6. The van der Waals surface area contributed by atoms with E-state index < -0.39 is 19.2 Å². The van der Waals surface area contributed by atoms with E-state index in [-0.39, 0.29) is 0 Å². The highest BCUT2D eigenvalue weighted by molar-refractivity contribution is 8.13.